The summed E-state index contributed by atoms with van der Waals surface area (Å²) in [4.78, 5) is 4.80. The molecular formula is C37H30N4S. The molecule has 42 heavy (non-hydrogen) atoms. The highest BCUT2D eigenvalue weighted by Crippen LogP contribution is 2.37. The molecule has 4 aromatic rings. The van der Waals surface area contributed by atoms with Crippen LogP contribution in [0.25, 0.3) is 50.6 Å². The summed E-state index contributed by atoms with van der Waals surface area (Å²) in [5, 5.41) is 18.8. The topological polar surface area (TPSA) is 86.0 Å². The predicted molar refractivity (Wildman–Crippen MR) is 181 cm³/mol. The maximum Gasteiger partial charge on any atom is 0.205 e. The Labute approximate surface area is 251 Å². The van der Waals surface area contributed by atoms with Gasteiger partial charge in [-0.2, -0.15) is 15.5 Å². The molecule has 4 rings (SSSR count). The predicted octanol–water partition coefficient (Wildman–Crippen LogP) is 9.66. The molecule has 0 radical (unpaired) electrons. The number of fused-ring (bicyclic) bond motifs is 1. The first-order chi connectivity index (χ1) is 20.6. The third kappa shape index (κ3) is 7.17. The largest absolute Gasteiger partial charge is 0.405 e. The zero-order valence-corrected chi connectivity index (χ0v) is 24.2. The number of benzene rings is 3. The highest BCUT2D eigenvalue weighted by Gasteiger charge is 2.10. The molecule has 0 saturated carbocycles. The zero-order valence-electron chi connectivity index (χ0n) is 23.4. The summed E-state index contributed by atoms with van der Waals surface area (Å²) in [7, 11) is 0. The molecule has 3 aromatic carbocycles. The van der Waals surface area contributed by atoms with Gasteiger partial charge in [0.2, 0.25) is 6.19 Å². The molecule has 0 bridgehead atoms. The lowest BCUT2D eigenvalue weighted by atomic mass is 9.98. The summed E-state index contributed by atoms with van der Waals surface area (Å²) in [5.41, 5.74) is 14.0. The second-order valence-corrected chi connectivity index (χ2v) is 10.3. The lowest BCUT2D eigenvalue weighted by molar-refractivity contribution is 1.35. The Morgan fingerprint density at radius 2 is 1.64 bits per heavy atom. The molecule has 0 saturated heterocycles. The van der Waals surface area contributed by atoms with Gasteiger partial charge in [-0.15, -0.1) is 11.3 Å². The zero-order chi connectivity index (χ0) is 29.7. The summed E-state index contributed by atoms with van der Waals surface area (Å²) in [6, 6.07) is 25.3. The Morgan fingerprint density at radius 3 is 2.31 bits per heavy atom. The van der Waals surface area contributed by atoms with E-state index in [1.54, 1.807) is 29.7 Å². The molecule has 5 heteroatoms. The molecule has 204 valence electrons. The van der Waals surface area contributed by atoms with Crippen LogP contribution >= 0.6 is 11.3 Å². The number of aliphatic imine (C=N–C) groups is 1. The van der Waals surface area contributed by atoms with E-state index in [1.165, 1.54) is 32.9 Å². The minimum absolute atomic E-state index is 0.331. The molecule has 0 amide bonds. The van der Waals surface area contributed by atoms with Crippen molar-refractivity contribution in [3.63, 3.8) is 0 Å². The molecule has 0 aliphatic rings. The molecule has 0 aliphatic heterocycles. The van der Waals surface area contributed by atoms with Crippen LogP contribution in [0.3, 0.4) is 0 Å². The Kier molecular flexibility index (Phi) is 10.4. The SMILES string of the molecule is C=C/C(=C\C=NC#N)c1ccc(-c2ccc3sc(/C=C\C)c(/C=C/c4ccc(C(/C=C\N)=C/CC#N)cc4)c3c2)cc1. The van der Waals surface area contributed by atoms with E-state index in [0.717, 1.165) is 39.0 Å². The van der Waals surface area contributed by atoms with Crippen molar-refractivity contribution >= 4 is 57.0 Å². The van der Waals surface area contributed by atoms with Crippen molar-refractivity contribution in [2.75, 3.05) is 0 Å². The van der Waals surface area contributed by atoms with Crippen LogP contribution in [0.4, 0.5) is 0 Å². The number of nitrogens with zero attached hydrogens (tertiary/aromatic N) is 3. The number of nitrogens with two attached hydrogens (primary N) is 1. The number of hydrogen-bond donors (Lipinski definition) is 1. The molecule has 0 unspecified atom stereocenters. The van der Waals surface area contributed by atoms with Gasteiger partial charge in [0, 0.05) is 26.7 Å². The first-order valence-electron chi connectivity index (χ1n) is 13.4. The molecule has 4 nitrogen and oxygen atoms in total. The molecule has 0 aliphatic carbocycles. The fourth-order valence-electron chi connectivity index (χ4n) is 4.56. The van der Waals surface area contributed by atoms with Gasteiger partial charge in [0.25, 0.3) is 0 Å². The van der Waals surface area contributed by atoms with E-state index in [-0.39, 0.29) is 0 Å². The summed E-state index contributed by atoms with van der Waals surface area (Å²) >= 11 is 1.78. The number of hydrogen-bond acceptors (Lipinski definition) is 5. The second kappa shape index (κ2) is 14.8. The minimum atomic E-state index is 0.331. The van der Waals surface area contributed by atoms with E-state index in [0.29, 0.717) is 6.42 Å². The van der Waals surface area contributed by atoms with Crippen LogP contribution in [-0.4, -0.2) is 6.21 Å². The van der Waals surface area contributed by atoms with Crippen LogP contribution in [0.15, 0.2) is 115 Å². The van der Waals surface area contributed by atoms with Crippen LogP contribution in [0.5, 0.6) is 0 Å². The van der Waals surface area contributed by atoms with Crippen molar-refractivity contribution in [2.24, 2.45) is 10.7 Å². The Hall–Kier alpha value is -5.49. The molecule has 1 heterocycles. The van der Waals surface area contributed by atoms with Gasteiger partial charge in [0.05, 0.1) is 12.5 Å². The normalized spacial score (nSPS) is 12.5. The van der Waals surface area contributed by atoms with Crippen molar-refractivity contribution in [3.05, 3.63) is 137 Å². The van der Waals surface area contributed by atoms with Crippen LogP contribution in [0.2, 0.25) is 0 Å². The monoisotopic (exact) mass is 562 g/mol. The maximum atomic E-state index is 8.95. The second-order valence-electron chi connectivity index (χ2n) is 9.21. The number of rotatable bonds is 10. The molecular weight excluding hydrogens is 533 g/mol. The van der Waals surface area contributed by atoms with Gasteiger partial charge in [-0.1, -0.05) is 91.6 Å². The molecule has 2 N–H and O–H groups in total. The van der Waals surface area contributed by atoms with Gasteiger partial charge in [0.1, 0.15) is 0 Å². The van der Waals surface area contributed by atoms with E-state index in [2.05, 4.69) is 96.5 Å². The molecule has 0 fully saturated rings. The Morgan fingerprint density at radius 1 is 0.929 bits per heavy atom. The number of nitriles is 2. The Bertz CT molecular complexity index is 1830. The van der Waals surface area contributed by atoms with Crippen molar-refractivity contribution in [1.29, 1.82) is 10.5 Å². The first kappa shape index (κ1) is 29.5. The Balaban J connectivity index is 1.67. The van der Waals surface area contributed by atoms with Gasteiger partial charge in [-0.25, -0.2) is 0 Å². The lowest BCUT2D eigenvalue weighted by Gasteiger charge is -2.06. The van der Waals surface area contributed by atoms with Crippen LogP contribution < -0.4 is 5.73 Å². The van der Waals surface area contributed by atoms with Gasteiger partial charge in [-0.3, -0.25) is 0 Å². The van der Waals surface area contributed by atoms with Crippen molar-refractivity contribution in [2.45, 2.75) is 13.3 Å². The molecule has 1 aromatic heterocycles. The van der Waals surface area contributed by atoms with E-state index in [1.807, 2.05) is 31.2 Å². The summed E-state index contributed by atoms with van der Waals surface area (Å²) < 4.78 is 1.23. The molecule has 0 atom stereocenters. The quantitative estimate of drug-likeness (QED) is 0.119. The number of allylic oxidation sites excluding steroid dienone is 7. The highest BCUT2D eigenvalue weighted by molar-refractivity contribution is 7.20. The van der Waals surface area contributed by atoms with Crippen molar-refractivity contribution in [1.82, 2.24) is 0 Å². The first-order valence-corrected chi connectivity index (χ1v) is 14.2. The van der Waals surface area contributed by atoms with Gasteiger partial charge in [0.15, 0.2) is 0 Å². The van der Waals surface area contributed by atoms with E-state index in [4.69, 9.17) is 16.3 Å². The number of thiophene rings is 1. The van der Waals surface area contributed by atoms with Crippen molar-refractivity contribution in [3.8, 4) is 23.4 Å². The highest BCUT2D eigenvalue weighted by atomic mass is 32.1. The van der Waals surface area contributed by atoms with Gasteiger partial charge >= 0.3 is 0 Å². The van der Waals surface area contributed by atoms with Gasteiger partial charge in [-0.05, 0) is 82.4 Å². The van der Waals surface area contributed by atoms with E-state index >= 15 is 0 Å². The average Bonchev–Trinajstić information content (AvgIpc) is 3.37. The van der Waals surface area contributed by atoms with Crippen LogP contribution in [0.1, 0.15) is 40.5 Å². The lowest BCUT2D eigenvalue weighted by Crippen LogP contribution is -1.85. The average molecular weight is 563 g/mol. The summed E-state index contributed by atoms with van der Waals surface area (Å²) in [6.07, 6.45) is 20.8. The standard InChI is InChI=1S/C37H30N4S/c1-3-6-36-34(18-10-27-8-11-31(12-9-27)29(20-23-39)7-5-22-38)35-25-33(17-19-37(35)42-36)32-15-13-30(14-16-32)28(4-2)21-24-41-26-40/h3-4,6-21,23-25H,2,5,39H2,1H3/b6-3-,18-10+,23-20-,28-21+,29-7+,41-24?. The fraction of sp³-hybridized carbons (Fsp3) is 0.0541. The summed E-state index contributed by atoms with van der Waals surface area (Å²) in [6.45, 7) is 5.92. The van der Waals surface area contributed by atoms with Crippen molar-refractivity contribution < 1.29 is 0 Å². The van der Waals surface area contributed by atoms with Crippen LogP contribution in [0, 0.1) is 22.8 Å². The van der Waals surface area contributed by atoms with Gasteiger partial charge < -0.3 is 5.73 Å². The third-order valence-corrected chi connectivity index (χ3v) is 7.76. The minimum Gasteiger partial charge on any atom is -0.405 e. The van der Waals surface area contributed by atoms with Crippen LogP contribution in [-0.2, 0) is 0 Å². The maximum absolute atomic E-state index is 8.95. The van der Waals surface area contributed by atoms with E-state index < -0.39 is 0 Å². The molecule has 0 spiro atoms. The third-order valence-electron chi connectivity index (χ3n) is 6.61. The fourth-order valence-corrected chi connectivity index (χ4v) is 5.70. The smallest absolute Gasteiger partial charge is 0.205 e. The summed E-state index contributed by atoms with van der Waals surface area (Å²) in [5.74, 6) is 0. The van der Waals surface area contributed by atoms with E-state index in [9.17, 15) is 0 Å².